The number of ether oxygens (including phenoxy) is 1. The van der Waals surface area contributed by atoms with Crippen LogP contribution in [0, 0.1) is 0 Å². The third kappa shape index (κ3) is 1.77. The van der Waals surface area contributed by atoms with E-state index >= 15 is 0 Å². The van der Waals surface area contributed by atoms with Gasteiger partial charge in [-0.3, -0.25) is 0 Å². The number of aromatic nitrogens is 3. The second-order valence-electron chi connectivity index (χ2n) is 2.92. The van der Waals surface area contributed by atoms with Crippen molar-refractivity contribution in [3.8, 4) is 5.88 Å². The van der Waals surface area contributed by atoms with Crippen molar-refractivity contribution in [3.05, 3.63) is 16.9 Å². The van der Waals surface area contributed by atoms with Gasteiger partial charge in [-0.1, -0.05) is 0 Å². The Hall–Kier alpha value is -1.19. The van der Waals surface area contributed by atoms with Crippen molar-refractivity contribution >= 4 is 31.6 Å². The van der Waals surface area contributed by atoms with Gasteiger partial charge in [-0.2, -0.15) is 0 Å². The summed E-state index contributed by atoms with van der Waals surface area (Å²) in [5, 5.41) is 8.97. The van der Waals surface area contributed by atoms with Crippen LogP contribution in [0.4, 0.5) is 0 Å². The first-order valence-electron chi connectivity index (χ1n) is 4.04. The van der Waals surface area contributed by atoms with E-state index < -0.39 is 10.0 Å². The third-order valence-electron chi connectivity index (χ3n) is 1.85. The van der Waals surface area contributed by atoms with Gasteiger partial charge in [-0.25, -0.2) is 23.1 Å². The van der Waals surface area contributed by atoms with Gasteiger partial charge in [0.15, 0.2) is 10.5 Å². The van der Waals surface area contributed by atoms with E-state index in [9.17, 15) is 8.42 Å². The highest BCUT2D eigenvalue weighted by Crippen LogP contribution is 2.25. The molecule has 16 heavy (non-hydrogen) atoms. The minimum absolute atomic E-state index is 0.0758. The molecule has 0 aliphatic rings. The molecule has 0 bridgehead atoms. The predicted molar refractivity (Wildman–Crippen MR) is 58.6 cm³/mol. The normalized spacial score (nSPS) is 11.9. The van der Waals surface area contributed by atoms with E-state index in [1.54, 1.807) is 6.20 Å². The summed E-state index contributed by atoms with van der Waals surface area (Å²) >= 11 is 3.19. The van der Waals surface area contributed by atoms with E-state index in [1.165, 1.54) is 17.8 Å². The van der Waals surface area contributed by atoms with Gasteiger partial charge >= 0.3 is 0 Å². The maximum Gasteiger partial charge on any atom is 0.255 e. The topological polar surface area (TPSA) is 99.6 Å². The van der Waals surface area contributed by atoms with E-state index in [2.05, 4.69) is 26.0 Å². The highest BCUT2D eigenvalue weighted by Gasteiger charge is 2.24. The molecule has 0 aliphatic heterocycles. The number of fused-ring (bicyclic) bond motifs is 1. The molecule has 0 fully saturated rings. The number of rotatable bonds is 2. The Morgan fingerprint density at radius 3 is 2.81 bits per heavy atom. The molecule has 2 aromatic heterocycles. The second-order valence-corrected chi connectivity index (χ2v) is 5.34. The van der Waals surface area contributed by atoms with Crippen molar-refractivity contribution in [2.24, 2.45) is 5.14 Å². The summed E-state index contributed by atoms with van der Waals surface area (Å²) in [6.07, 6.45) is 3.00. The standard InChI is InChI=1S/C7H7BrN4O3S/c1-15-7-5(16(9,13)14)6-10-2-4(8)3-12(6)11-7/h2-3H,1H3,(H2,9,13,14). The molecule has 2 heterocycles. The number of primary sulfonamides is 1. The van der Waals surface area contributed by atoms with Crippen LogP contribution < -0.4 is 9.88 Å². The quantitative estimate of drug-likeness (QED) is 0.851. The molecule has 0 saturated heterocycles. The van der Waals surface area contributed by atoms with Gasteiger partial charge < -0.3 is 4.74 Å². The maximum absolute atomic E-state index is 11.4. The lowest BCUT2D eigenvalue weighted by Gasteiger charge is -1.97. The Labute approximate surface area is 99.4 Å². The molecule has 0 spiro atoms. The largest absolute Gasteiger partial charge is 0.479 e. The molecule has 0 amide bonds. The lowest BCUT2D eigenvalue weighted by Crippen LogP contribution is -2.13. The Balaban J connectivity index is 2.90. The van der Waals surface area contributed by atoms with Crippen molar-refractivity contribution in [3.63, 3.8) is 0 Å². The first-order valence-corrected chi connectivity index (χ1v) is 6.38. The third-order valence-corrected chi connectivity index (χ3v) is 3.18. The molecule has 0 unspecified atom stereocenters. The lowest BCUT2D eigenvalue weighted by atomic mass is 10.6. The van der Waals surface area contributed by atoms with Crippen LogP contribution in [0.3, 0.4) is 0 Å². The highest BCUT2D eigenvalue weighted by atomic mass is 79.9. The van der Waals surface area contributed by atoms with Crippen molar-refractivity contribution in [1.82, 2.24) is 14.6 Å². The van der Waals surface area contributed by atoms with Gasteiger partial charge in [0.2, 0.25) is 10.0 Å². The zero-order valence-electron chi connectivity index (χ0n) is 8.08. The number of nitrogens with zero attached hydrogens (tertiary/aromatic N) is 3. The predicted octanol–water partition coefficient (Wildman–Crippen LogP) is 0.148. The average Bonchev–Trinajstić information content (AvgIpc) is 2.54. The fourth-order valence-corrected chi connectivity index (χ4v) is 2.32. The van der Waals surface area contributed by atoms with Crippen molar-refractivity contribution in [1.29, 1.82) is 0 Å². The van der Waals surface area contributed by atoms with Crippen LogP contribution in [0.1, 0.15) is 0 Å². The van der Waals surface area contributed by atoms with Crippen LogP contribution in [0.2, 0.25) is 0 Å². The maximum atomic E-state index is 11.4. The number of sulfonamides is 1. The minimum atomic E-state index is -3.93. The van der Waals surface area contributed by atoms with Crippen LogP contribution in [-0.4, -0.2) is 30.1 Å². The van der Waals surface area contributed by atoms with Gasteiger partial charge in [0.1, 0.15) is 0 Å². The van der Waals surface area contributed by atoms with Crippen LogP contribution >= 0.6 is 15.9 Å². The molecule has 0 atom stereocenters. The first-order chi connectivity index (χ1) is 7.43. The van der Waals surface area contributed by atoms with Gasteiger partial charge in [0.25, 0.3) is 5.88 Å². The van der Waals surface area contributed by atoms with E-state index in [-0.39, 0.29) is 16.4 Å². The molecule has 2 N–H and O–H groups in total. The highest BCUT2D eigenvalue weighted by molar-refractivity contribution is 9.10. The second kappa shape index (κ2) is 3.68. The Morgan fingerprint density at radius 2 is 2.25 bits per heavy atom. The molecule has 2 aromatic rings. The number of halogens is 1. The molecule has 0 saturated carbocycles. The van der Waals surface area contributed by atoms with E-state index in [0.717, 1.165) is 0 Å². The molecule has 0 aromatic carbocycles. The van der Waals surface area contributed by atoms with E-state index in [4.69, 9.17) is 9.88 Å². The molecular weight excluding hydrogens is 300 g/mol. The molecule has 86 valence electrons. The number of nitrogens with two attached hydrogens (primary N) is 1. The summed E-state index contributed by atoms with van der Waals surface area (Å²) in [7, 11) is -2.62. The molecule has 7 nitrogen and oxygen atoms in total. The average molecular weight is 307 g/mol. The van der Waals surface area contributed by atoms with Gasteiger partial charge in [0.05, 0.1) is 11.6 Å². The van der Waals surface area contributed by atoms with Crippen molar-refractivity contribution < 1.29 is 13.2 Å². The molecule has 0 radical (unpaired) electrons. The van der Waals surface area contributed by atoms with Crippen LogP contribution in [0.15, 0.2) is 21.8 Å². The van der Waals surface area contributed by atoms with Crippen molar-refractivity contribution in [2.45, 2.75) is 4.90 Å². The van der Waals surface area contributed by atoms with Crippen LogP contribution in [0.5, 0.6) is 5.88 Å². The monoisotopic (exact) mass is 306 g/mol. The number of hydrogen-bond donors (Lipinski definition) is 1. The summed E-state index contributed by atoms with van der Waals surface area (Å²) in [5.74, 6) is -0.0758. The molecule has 2 rings (SSSR count). The van der Waals surface area contributed by atoms with Gasteiger partial charge in [-0.15, -0.1) is 5.10 Å². The van der Waals surface area contributed by atoms with E-state index in [1.807, 2.05) is 0 Å². The fourth-order valence-electron chi connectivity index (χ4n) is 1.25. The Kier molecular flexibility index (Phi) is 2.60. The summed E-state index contributed by atoms with van der Waals surface area (Å²) in [6.45, 7) is 0. The molecule has 9 heteroatoms. The summed E-state index contributed by atoms with van der Waals surface area (Å²) in [5.41, 5.74) is 0.127. The Bertz CT molecular complexity index is 651. The zero-order valence-corrected chi connectivity index (χ0v) is 10.5. The molecule has 0 aliphatic carbocycles. The summed E-state index contributed by atoms with van der Waals surface area (Å²) in [4.78, 5) is 3.71. The number of methoxy groups -OCH3 is 1. The smallest absolute Gasteiger partial charge is 0.255 e. The van der Waals surface area contributed by atoms with Crippen molar-refractivity contribution in [2.75, 3.05) is 7.11 Å². The fraction of sp³-hybridized carbons (Fsp3) is 0.143. The summed E-state index contributed by atoms with van der Waals surface area (Å²) in [6, 6.07) is 0. The zero-order chi connectivity index (χ0) is 11.9. The van der Waals surface area contributed by atoms with Crippen LogP contribution in [0.25, 0.3) is 5.65 Å². The van der Waals surface area contributed by atoms with Gasteiger partial charge in [-0.05, 0) is 15.9 Å². The first kappa shape index (κ1) is 11.3. The van der Waals surface area contributed by atoms with E-state index in [0.29, 0.717) is 4.47 Å². The summed E-state index contributed by atoms with van der Waals surface area (Å²) < 4.78 is 29.5. The minimum Gasteiger partial charge on any atom is -0.479 e. The SMILES string of the molecule is COc1nn2cc(Br)cnc2c1S(N)(=O)=O. The lowest BCUT2D eigenvalue weighted by molar-refractivity contribution is 0.385. The van der Waals surface area contributed by atoms with Crippen LogP contribution in [-0.2, 0) is 10.0 Å². The van der Waals surface area contributed by atoms with Gasteiger partial charge in [0, 0.05) is 12.4 Å². The Morgan fingerprint density at radius 1 is 1.56 bits per heavy atom. The molecular formula is C7H7BrN4O3S. The number of hydrogen-bond acceptors (Lipinski definition) is 5.